The summed E-state index contributed by atoms with van der Waals surface area (Å²) in [6.45, 7) is 7.38. The van der Waals surface area contributed by atoms with Crippen molar-refractivity contribution < 1.29 is 19.1 Å². The molecule has 25 heavy (non-hydrogen) atoms. The minimum absolute atomic E-state index is 0.0112. The first kappa shape index (κ1) is 18.4. The highest BCUT2D eigenvalue weighted by atomic mass is 16.6. The van der Waals surface area contributed by atoms with Crippen molar-refractivity contribution >= 4 is 23.6 Å². The molecule has 0 saturated heterocycles. The van der Waals surface area contributed by atoms with E-state index in [4.69, 9.17) is 9.47 Å². The maximum absolute atomic E-state index is 11.8. The second-order valence-electron chi connectivity index (χ2n) is 6.12. The lowest BCUT2D eigenvalue weighted by Crippen LogP contribution is -2.26. The molecule has 0 radical (unpaired) electrons. The zero-order chi connectivity index (χ0) is 18.4. The number of hydrogen-bond donors (Lipinski definition) is 1. The van der Waals surface area contributed by atoms with Gasteiger partial charge in [-0.1, -0.05) is 0 Å². The van der Waals surface area contributed by atoms with Crippen molar-refractivity contribution in [3.63, 3.8) is 0 Å². The van der Waals surface area contributed by atoms with Crippen LogP contribution in [0.3, 0.4) is 0 Å². The Morgan fingerprint density at radius 1 is 1.32 bits per heavy atom. The Morgan fingerprint density at radius 2 is 2.08 bits per heavy atom. The van der Waals surface area contributed by atoms with Crippen LogP contribution in [0.1, 0.15) is 38.2 Å². The minimum atomic E-state index is -0.549. The van der Waals surface area contributed by atoms with E-state index in [1.807, 2.05) is 0 Å². The van der Waals surface area contributed by atoms with E-state index in [1.54, 1.807) is 33.9 Å². The molecule has 134 valence electrons. The number of anilines is 2. The van der Waals surface area contributed by atoms with Gasteiger partial charge in [-0.3, -0.25) is 9.48 Å². The molecular weight excluding hydrogens is 326 g/mol. The van der Waals surface area contributed by atoms with Gasteiger partial charge >= 0.3 is 11.9 Å². The summed E-state index contributed by atoms with van der Waals surface area (Å²) in [6, 6.07) is 1.47. The molecule has 2 aromatic rings. The van der Waals surface area contributed by atoms with Gasteiger partial charge in [0.1, 0.15) is 12.1 Å². The van der Waals surface area contributed by atoms with Gasteiger partial charge in [-0.05, 0) is 33.8 Å². The number of esters is 2. The molecule has 0 aliphatic rings. The molecule has 2 aromatic heterocycles. The molecule has 0 spiro atoms. The van der Waals surface area contributed by atoms with Gasteiger partial charge in [0, 0.05) is 12.4 Å². The third-order valence-corrected chi connectivity index (χ3v) is 2.74. The molecule has 0 saturated carbocycles. The third kappa shape index (κ3) is 5.87. The average molecular weight is 347 g/mol. The van der Waals surface area contributed by atoms with E-state index >= 15 is 0 Å². The SMILES string of the molecule is CCOC(=O)c1ccnc(Nc2cnn(CC(=O)OC(C)(C)C)c2)n1. The van der Waals surface area contributed by atoms with Crippen LogP contribution < -0.4 is 5.32 Å². The molecule has 9 nitrogen and oxygen atoms in total. The van der Waals surface area contributed by atoms with Crippen LogP contribution in [-0.4, -0.2) is 43.9 Å². The lowest BCUT2D eigenvalue weighted by molar-refractivity contribution is -0.155. The number of nitrogens with one attached hydrogen (secondary N) is 1. The summed E-state index contributed by atoms with van der Waals surface area (Å²) in [6.07, 6.45) is 4.59. The van der Waals surface area contributed by atoms with Gasteiger partial charge in [-0.15, -0.1) is 0 Å². The van der Waals surface area contributed by atoms with E-state index < -0.39 is 11.6 Å². The number of ether oxygens (including phenoxy) is 2. The summed E-state index contributed by atoms with van der Waals surface area (Å²) in [7, 11) is 0. The van der Waals surface area contributed by atoms with E-state index in [9.17, 15) is 9.59 Å². The van der Waals surface area contributed by atoms with Crippen molar-refractivity contribution in [3.05, 3.63) is 30.4 Å². The molecule has 2 heterocycles. The monoisotopic (exact) mass is 347 g/mol. The second-order valence-corrected chi connectivity index (χ2v) is 6.12. The Kier molecular flexibility index (Phi) is 5.68. The van der Waals surface area contributed by atoms with Crippen molar-refractivity contribution in [1.82, 2.24) is 19.7 Å². The van der Waals surface area contributed by atoms with Crippen LogP contribution in [-0.2, 0) is 20.8 Å². The highest BCUT2D eigenvalue weighted by molar-refractivity contribution is 5.87. The number of rotatable bonds is 6. The van der Waals surface area contributed by atoms with Crippen LogP contribution in [0.25, 0.3) is 0 Å². The molecule has 0 aromatic carbocycles. The van der Waals surface area contributed by atoms with Gasteiger partial charge in [0.25, 0.3) is 0 Å². The molecule has 0 atom stereocenters. The first-order chi connectivity index (χ1) is 11.8. The molecule has 1 N–H and O–H groups in total. The Bertz CT molecular complexity index is 751. The topological polar surface area (TPSA) is 108 Å². The predicted octanol–water partition coefficient (Wildman–Crippen LogP) is 1.94. The molecule has 0 amide bonds. The Balaban J connectivity index is 2.00. The molecule has 0 aliphatic heterocycles. The fourth-order valence-electron chi connectivity index (χ4n) is 1.89. The van der Waals surface area contributed by atoms with Crippen LogP contribution >= 0.6 is 0 Å². The third-order valence-electron chi connectivity index (χ3n) is 2.74. The van der Waals surface area contributed by atoms with Crippen LogP contribution in [0, 0.1) is 0 Å². The largest absolute Gasteiger partial charge is 0.461 e. The highest BCUT2D eigenvalue weighted by Crippen LogP contribution is 2.13. The van der Waals surface area contributed by atoms with Gasteiger partial charge < -0.3 is 14.8 Å². The Labute approximate surface area is 145 Å². The van der Waals surface area contributed by atoms with Gasteiger partial charge in [0.15, 0.2) is 5.69 Å². The van der Waals surface area contributed by atoms with Crippen molar-refractivity contribution in [2.75, 3.05) is 11.9 Å². The molecule has 2 rings (SSSR count). The molecular formula is C16H21N5O4. The van der Waals surface area contributed by atoms with Crippen LogP contribution in [0.2, 0.25) is 0 Å². The first-order valence-corrected chi connectivity index (χ1v) is 7.78. The summed E-state index contributed by atoms with van der Waals surface area (Å²) in [5.41, 5.74) is 0.178. The summed E-state index contributed by atoms with van der Waals surface area (Å²) in [5, 5.41) is 6.99. The summed E-state index contributed by atoms with van der Waals surface area (Å²) in [5.74, 6) is -0.682. The molecule has 0 unspecified atom stereocenters. The van der Waals surface area contributed by atoms with Gasteiger partial charge in [-0.2, -0.15) is 5.10 Å². The predicted molar refractivity (Wildman–Crippen MR) is 89.3 cm³/mol. The van der Waals surface area contributed by atoms with Crippen molar-refractivity contribution in [2.45, 2.75) is 39.8 Å². The zero-order valence-corrected chi connectivity index (χ0v) is 14.6. The lowest BCUT2D eigenvalue weighted by Gasteiger charge is -2.19. The second kappa shape index (κ2) is 7.73. The zero-order valence-electron chi connectivity index (χ0n) is 14.6. The van der Waals surface area contributed by atoms with Crippen LogP contribution in [0.4, 0.5) is 11.6 Å². The smallest absolute Gasteiger partial charge is 0.357 e. The molecule has 0 aliphatic carbocycles. The maximum atomic E-state index is 11.8. The lowest BCUT2D eigenvalue weighted by atomic mass is 10.2. The first-order valence-electron chi connectivity index (χ1n) is 7.78. The van der Waals surface area contributed by atoms with E-state index in [-0.39, 0.29) is 30.8 Å². The fourth-order valence-corrected chi connectivity index (χ4v) is 1.89. The summed E-state index contributed by atoms with van der Waals surface area (Å²) < 4.78 is 11.6. The van der Waals surface area contributed by atoms with Crippen molar-refractivity contribution in [3.8, 4) is 0 Å². The molecule has 0 bridgehead atoms. The number of hydrogen-bond acceptors (Lipinski definition) is 8. The highest BCUT2D eigenvalue weighted by Gasteiger charge is 2.17. The van der Waals surface area contributed by atoms with E-state index in [0.717, 1.165) is 0 Å². The number of carbonyl (C=O) groups is 2. The van der Waals surface area contributed by atoms with E-state index in [2.05, 4.69) is 20.4 Å². The van der Waals surface area contributed by atoms with Crippen LogP contribution in [0.15, 0.2) is 24.7 Å². The maximum Gasteiger partial charge on any atom is 0.357 e. The number of carbonyl (C=O) groups excluding carboxylic acids is 2. The van der Waals surface area contributed by atoms with Crippen molar-refractivity contribution in [2.24, 2.45) is 0 Å². The van der Waals surface area contributed by atoms with E-state index in [1.165, 1.54) is 23.1 Å². The van der Waals surface area contributed by atoms with Crippen molar-refractivity contribution in [1.29, 1.82) is 0 Å². The minimum Gasteiger partial charge on any atom is -0.461 e. The van der Waals surface area contributed by atoms with Gasteiger partial charge in [-0.25, -0.2) is 14.8 Å². The number of nitrogens with zero attached hydrogens (tertiary/aromatic N) is 4. The quantitative estimate of drug-likeness (QED) is 0.790. The number of aromatic nitrogens is 4. The standard InChI is InChI=1S/C16H21N5O4/c1-5-24-14(23)12-6-7-17-15(20-12)19-11-8-18-21(9-11)10-13(22)25-16(2,3)4/h6-9H,5,10H2,1-4H3,(H,17,19,20). The average Bonchev–Trinajstić information content (AvgIpc) is 2.92. The summed E-state index contributed by atoms with van der Waals surface area (Å²) in [4.78, 5) is 31.6. The summed E-state index contributed by atoms with van der Waals surface area (Å²) >= 11 is 0. The molecule has 9 heteroatoms. The Morgan fingerprint density at radius 3 is 2.76 bits per heavy atom. The van der Waals surface area contributed by atoms with Gasteiger partial charge in [0.2, 0.25) is 5.95 Å². The van der Waals surface area contributed by atoms with Gasteiger partial charge in [0.05, 0.1) is 18.5 Å². The van der Waals surface area contributed by atoms with Crippen LogP contribution in [0.5, 0.6) is 0 Å². The molecule has 0 fully saturated rings. The fraction of sp³-hybridized carbons (Fsp3) is 0.438. The normalized spacial score (nSPS) is 11.0. The Hall–Kier alpha value is -2.97. The van der Waals surface area contributed by atoms with E-state index in [0.29, 0.717) is 5.69 Å².